The third-order valence-electron chi connectivity index (χ3n) is 12.4. The van der Waals surface area contributed by atoms with E-state index in [1.54, 1.807) is 0 Å². The summed E-state index contributed by atoms with van der Waals surface area (Å²) >= 11 is 0. The number of para-hydroxylation sites is 3. The number of hydrogen-bond acceptors (Lipinski definition) is 5. The largest absolute Gasteiger partial charge is 0.435 e. The number of aromatic nitrogens is 6. The second-order valence-electron chi connectivity index (χ2n) is 16.2. The van der Waals surface area contributed by atoms with Crippen LogP contribution in [0.3, 0.4) is 0 Å². The van der Waals surface area contributed by atoms with Crippen LogP contribution < -0.4 is 0 Å². The monoisotopic (exact) mass is 832 g/mol. The molecular formula is C58H36N6O. The maximum absolute atomic E-state index is 6.52. The normalized spacial score (nSPS) is 11.7. The van der Waals surface area contributed by atoms with Crippen molar-refractivity contribution in [3.8, 4) is 68.1 Å². The number of oxazole rings is 1. The van der Waals surface area contributed by atoms with Crippen molar-refractivity contribution in [1.82, 2.24) is 29.1 Å². The zero-order valence-corrected chi connectivity index (χ0v) is 34.9. The number of nitrogens with zero attached hydrogens (tertiary/aromatic N) is 6. The minimum atomic E-state index is 0.608. The molecule has 0 amide bonds. The van der Waals surface area contributed by atoms with Gasteiger partial charge in [0.25, 0.3) is 0 Å². The van der Waals surface area contributed by atoms with Gasteiger partial charge in [-0.05, 0) is 72.3 Å². The minimum absolute atomic E-state index is 0.608. The molecule has 13 aromatic rings. The van der Waals surface area contributed by atoms with Crippen LogP contribution in [-0.2, 0) is 0 Å². The van der Waals surface area contributed by atoms with E-state index in [0.29, 0.717) is 23.4 Å². The molecule has 0 aliphatic rings. The van der Waals surface area contributed by atoms with E-state index in [1.807, 2.05) is 97.1 Å². The second-order valence-corrected chi connectivity index (χ2v) is 16.2. The Bertz CT molecular complexity index is 3870. The summed E-state index contributed by atoms with van der Waals surface area (Å²) in [5, 5.41) is 4.72. The first-order valence-corrected chi connectivity index (χ1v) is 21.7. The number of benzene rings is 9. The van der Waals surface area contributed by atoms with E-state index in [4.69, 9.17) is 24.4 Å². The van der Waals surface area contributed by atoms with Crippen LogP contribution in [0, 0.1) is 0 Å². The Kier molecular flexibility index (Phi) is 8.39. The number of hydrogen-bond donors (Lipinski definition) is 0. The van der Waals surface area contributed by atoms with E-state index < -0.39 is 0 Å². The molecule has 4 heterocycles. The Morgan fingerprint density at radius 3 is 1.38 bits per heavy atom. The van der Waals surface area contributed by atoms with Crippen molar-refractivity contribution in [3.63, 3.8) is 0 Å². The highest BCUT2D eigenvalue weighted by Gasteiger charge is 2.22. The maximum atomic E-state index is 6.52. The highest BCUT2D eigenvalue weighted by molar-refractivity contribution is 6.23. The van der Waals surface area contributed by atoms with Crippen LogP contribution in [-0.4, -0.2) is 29.1 Å². The van der Waals surface area contributed by atoms with Crippen molar-refractivity contribution < 1.29 is 4.42 Å². The Hall–Kier alpha value is -8.94. The minimum Gasteiger partial charge on any atom is -0.435 e. The SMILES string of the molecule is c1ccc(-c2nc(-c3ccccc3)nc(-c3ccc(-n4c5ccccc5c5ccc6c7ccccc7n(-c7cccc(-c8cccc9nc(-c%10ccccc%10)oc89)c7)c6c54)cc3)n2)cc1. The molecule has 0 N–H and O–H groups in total. The lowest BCUT2D eigenvalue weighted by atomic mass is 10.0. The molecule has 7 nitrogen and oxygen atoms in total. The molecule has 0 fully saturated rings. The van der Waals surface area contributed by atoms with E-state index in [2.05, 4.69) is 130 Å². The molecule has 0 bridgehead atoms. The molecule has 0 atom stereocenters. The molecule has 0 aliphatic heterocycles. The molecule has 0 spiro atoms. The molecule has 0 saturated heterocycles. The van der Waals surface area contributed by atoms with Gasteiger partial charge in [-0.25, -0.2) is 19.9 Å². The Morgan fingerprint density at radius 1 is 0.323 bits per heavy atom. The van der Waals surface area contributed by atoms with Gasteiger partial charge in [0.2, 0.25) is 5.89 Å². The number of fused-ring (bicyclic) bond motifs is 8. The van der Waals surface area contributed by atoms with Crippen LogP contribution in [0.15, 0.2) is 223 Å². The van der Waals surface area contributed by atoms with Gasteiger partial charge in [0.05, 0.1) is 22.1 Å². The average Bonchev–Trinajstić information content (AvgIpc) is 4.08. The Balaban J connectivity index is 1.00. The first-order valence-electron chi connectivity index (χ1n) is 21.7. The fourth-order valence-corrected chi connectivity index (χ4v) is 9.43. The van der Waals surface area contributed by atoms with Crippen LogP contribution in [0.1, 0.15) is 0 Å². The van der Waals surface area contributed by atoms with Gasteiger partial charge in [-0.3, -0.25) is 0 Å². The molecule has 9 aromatic carbocycles. The molecular weight excluding hydrogens is 797 g/mol. The van der Waals surface area contributed by atoms with Gasteiger partial charge in [0.15, 0.2) is 23.1 Å². The first kappa shape index (κ1) is 36.7. The molecule has 65 heavy (non-hydrogen) atoms. The lowest BCUT2D eigenvalue weighted by molar-refractivity contribution is 0.621. The van der Waals surface area contributed by atoms with Crippen molar-refractivity contribution in [3.05, 3.63) is 218 Å². The van der Waals surface area contributed by atoms with E-state index in [-0.39, 0.29) is 0 Å². The van der Waals surface area contributed by atoms with Gasteiger partial charge in [-0.2, -0.15) is 0 Å². The molecule has 0 radical (unpaired) electrons. The predicted molar refractivity (Wildman–Crippen MR) is 263 cm³/mol. The topological polar surface area (TPSA) is 74.6 Å². The van der Waals surface area contributed by atoms with Gasteiger partial charge in [-0.1, -0.05) is 152 Å². The summed E-state index contributed by atoms with van der Waals surface area (Å²) in [6.07, 6.45) is 0. The molecule has 7 heteroatoms. The van der Waals surface area contributed by atoms with Crippen LogP contribution in [0.4, 0.5) is 0 Å². The molecule has 0 aliphatic carbocycles. The molecule has 0 saturated carbocycles. The molecule has 304 valence electrons. The van der Waals surface area contributed by atoms with Gasteiger partial charge in [-0.15, -0.1) is 0 Å². The summed E-state index contributed by atoms with van der Waals surface area (Å²) in [5.74, 6) is 2.49. The summed E-state index contributed by atoms with van der Waals surface area (Å²) in [6.45, 7) is 0. The van der Waals surface area contributed by atoms with Gasteiger partial charge in [0, 0.05) is 60.7 Å². The zero-order valence-electron chi connectivity index (χ0n) is 34.9. The fourth-order valence-electron chi connectivity index (χ4n) is 9.43. The van der Waals surface area contributed by atoms with Crippen molar-refractivity contribution in [1.29, 1.82) is 0 Å². The van der Waals surface area contributed by atoms with Crippen LogP contribution in [0.5, 0.6) is 0 Å². The van der Waals surface area contributed by atoms with Crippen molar-refractivity contribution >= 4 is 54.7 Å². The van der Waals surface area contributed by atoms with Crippen LogP contribution in [0.2, 0.25) is 0 Å². The van der Waals surface area contributed by atoms with Gasteiger partial charge >= 0.3 is 0 Å². The molecule has 0 unspecified atom stereocenters. The standard InChI is InChI=1S/C58H36N6O/c1-4-16-37(17-5-1)55-60-56(38-18-6-2-7-19-38)62-57(61-55)39-30-32-42(33-31-39)63-50-28-12-10-24-45(50)47-34-35-48-46-25-11-13-29-51(46)64(53(48)52(47)63)43-23-14-22-41(36-43)44-26-15-27-49-54(44)65-58(59-49)40-20-8-3-9-21-40/h1-36H. The second kappa shape index (κ2) is 14.9. The lowest BCUT2D eigenvalue weighted by Gasteiger charge is -2.14. The predicted octanol–water partition coefficient (Wildman–Crippen LogP) is 14.5. The fraction of sp³-hybridized carbons (Fsp3) is 0. The molecule has 4 aromatic heterocycles. The van der Waals surface area contributed by atoms with Crippen molar-refractivity contribution in [2.45, 2.75) is 0 Å². The van der Waals surface area contributed by atoms with Crippen LogP contribution >= 0.6 is 0 Å². The Labute approximate surface area is 373 Å². The van der Waals surface area contributed by atoms with E-state index in [9.17, 15) is 0 Å². The van der Waals surface area contributed by atoms with Crippen molar-refractivity contribution in [2.24, 2.45) is 0 Å². The summed E-state index contributed by atoms with van der Waals surface area (Å²) in [5.41, 5.74) is 13.9. The summed E-state index contributed by atoms with van der Waals surface area (Å²) < 4.78 is 11.4. The van der Waals surface area contributed by atoms with Crippen molar-refractivity contribution in [2.75, 3.05) is 0 Å². The quantitative estimate of drug-likeness (QED) is 0.160. The van der Waals surface area contributed by atoms with Gasteiger partial charge < -0.3 is 13.6 Å². The number of rotatable bonds is 7. The highest BCUT2D eigenvalue weighted by atomic mass is 16.3. The highest BCUT2D eigenvalue weighted by Crippen LogP contribution is 2.43. The lowest BCUT2D eigenvalue weighted by Crippen LogP contribution is -2.01. The molecule has 13 rings (SSSR count). The van der Waals surface area contributed by atoms with Gasteiger partial charge in [0.1, 0.15) is 5.52 Å². The van der Waals surface area contributed by atoms with E-state index in [1.165, 1.54) is 21.5 Å². The van der Waals surface area contributed by atoms with E-state index >= 15 is 0 Å². The average molecular weight is 833 g/mol. The summed E-state index contributed by atoms with van der Waals surface area (Å²) in [7, 11) is 0. The third kappa shape index (κ3) is 6.05. The zero-order chi connectivity index (χ0) is 42.8. The summed E-state index contributed by atoms with van der Waals surface area (Å²) in [4.78, 5) is 19.8. The third-order valence-corrected chi connectivity index (χ3v) is 12.4. The van der Waals surface area contributed by atoms with Crippen LogP contribution in [0.25, 0.3) is 123 Å². The maximum Gasteiger partial charge on any atom is 0.227 e. The van der Waals surface area contributed by atoms with E-state index in [0.717, 1.165) is 77.9 Å². The first-order chi connectivity index (χ1) is 32.2. The smallest absolute Gasteiger partial charge is 0.227 e. The Morgan fingerprint density at radius 2 is 0.800 bits per heavy atom. The summed E-state index contributed by atoms with van der Waals surface area (Å²) in [6, 6.07) is 75.8.